The summed E-state index contributed by atoms with van der Waals surface area (Å²) < 4.78 is 11.5. The maximum Gasteiger partial charge on any atom is 0.135 e. The molecule has 0 bridgehead atoms. The van der Waals surface area contributed by atoms with Crippen LogP contribution < -0.4 is 0 Å². The molecule has 0 spiro atoms. The summed E-state index contributed by atoms with van der Waals surface area (Å²) in [5.74, 6) is 1.47. The Morgan fingerprint density at radius 1 is 0.542 bits per heavy atom. The van der Waals surface area contributed by atoms with Gasteiger partial charge in [-0.3, -0.25) is 0 Å². The first kappa shape index (κ1) is 34.0. The molecular weight excluding hydrogens is 717 g/mol. The van der Waals surface area contributed by atoms with Gasteiger partial charge in [0.05, 0.1) is 16.6 Å². The average molecular weight is 759 g/mol. The minimum atomic E-state index is -0.232. The molecule has 0 fully saturated rings. The fraction of sp³-hybridized carbons (Fsp3) is 0.107. The van der Waals surface area contributed by atoms with E-state index < -0.39 is 0 Å². The van der Waals surface area contributed by atoms with Crippen molar-refractivity contribution in [2.45, 2.75) is 32.1 Å². The fourth-order valence-electron chi connectivity index (χ4n) is 10.1. The number of hydrogen-bond donors (Lipinski definition) is 0. The Kier molecular flexibility index (Phi) is 7.46. The highest BCUT2D eigenvalue weighted by Gasteiger charge is 2.32. The lowest BCUT2D eigenvalue weighted by Crippen LogP contribution is -2.24. The van der Waals surface area contributed by atoms with Gasteiger partial charge in [0.2, 0.25) is 0 Å². The standard InChI is InChI=1S/C56H42N2O/c1-36-21-24-46-44-17-9-11-19-50(44)57(53(46)29-36)42-23-26-54-48(34-42)49-35-56(2,28-27-55(49)59-54)41-22-25-52-47(33-41)45-18-10-12-20-51(45)58(52)43-31-39(37-13-5-3-6-14-37)30-40(32-43)38-15-7-4-8-16-38/h3-28,30-34,36H,29,35H2,1-2H3. The highest BCUT2D eigenvalue weighted by atomic mass is 16.3. The molecule has 2 unspecified atom stereocenters. The topological polar surface area (TPSA) is 23.0 Å². The van der Waals surface area contributed by atoms with Crippen LogP contribution >= 0.6 is 0 Å². The maximum absolute atomic E-state index is 6.56. The number of furan rings is 1. The summed E-state index contributed by atoms with van der Waals surface area (Å²) in [6, 6.07) is 60.1. The number of aromatic nitrogens is 2. The molecule has 282 valence electrons. The monoisotopic (exact) mass is 758 g/mol. The van der Waals surface area contributed by atoms with Crippen molar-refractivity contribution < 1.29 is 4.42 Å². The van der Waals surface area contributed by atoms with Crippen molar-refractivity contribution in [3.05, 3.63) is 204 Å². The zero-order valence-corrected chi connectivity index (χ0v) is 33.2. The first-order chi connectivity index (χ1) is 29.0. The van der Waals surface area contributed by atoms with Crippen LogP contribution in [0.15, 0.2) is 180 Å². The third-order valence-electron chi connectivity index (χ3n) is 13.1. The second-order valence-electron chi connectivity index (χ2n) is 16.9. The number of para-hydroxylation sites is 2. The smallest absolute Gasteiger partial charge is 0.135 e. The molecule has 2 aliphatic carbocycles. The molecule has 0 amide bonds. The first-order valence-corrected chi connectivity index (χ1v) is 20.8. The van der Waals surface area contributed by atoms with Crippen molar-refractivity contribution in [1.82, 2.24) is 9.13 Å². The van der Waals surface area contributed by atoms with Gasteiger partial charge in [0, 0.05) is 55.2 Å². The van der Waals surface area contributed by atoms with Crippen LogP contribution in [-0.4, -0.2) is 9.13 Å². The normalized spacial score (nSPS) is 17.3. The molecule has 0 aliphatic heterocycles. The van der Waals surface area contributed by atoms with Gasteiger partial charge in [0.15, 0.2) is 0 Å². The van der Waals surface area contributed by atoms with E-state index in [9.17, 15) is 0 Å². The Labute approximate surface area is 343 Å². The van der Waals surface area contributed by atoms with Crippen LogP contribution in [0.2, 0.25) is 0 Å². The molecule has 3 aromatic heterocycles. The van der Waals surface area contributed by atoms with Gasteiger partial charge < -0.3 is 13.6 Å². The molecule has 0 saturated carbocycles. The van der Waals surface area contributed by atoms with Gasteiger partial charge in [-0.05, 0) is 113 Å². The summed E-state index contributed by atoms with van der Waals surface area (Å²) in [7, 11) is 0. The number of hydrogen-bond acceptors (Lipinski definition) is 1. The Morgan fingerprint density at radius 3 is 1.95 bits per heavy atom. The Hall–Kier alpha value is -7.10. The zero-order chi connectivity index (χ0) is 39.2. The highest BCUT2D eigenvalue weighted by Crippen LogP contribution is 2.44. The molecule has 0 radical (unpaired) electrons. The molecule has 0 saturated heterocycles. The number of rotatable bonds is 5. The lowest BCUT2D eigenvalue weighted by molar-refractivity contribution is 0.550. The Balaban J connectivity index is 0.978. The first-order valence-electron chi connectivity index (χ1n) is 20.8. The van der Waals surface area contributed by atoms with Gasteiger partial charge in [-0.15, -0.1) is 0 Å². The van der Waals surface area contributed by atoms with Crippen molar-refractivity contribution in [2.24, 2.45) is 5.92 Å². The highest BCUT2D eigenvalue weighted by molar-refractivity contribution is 6.10. The van der Waals surface area contributed by atoms with E-state index in [2.05, 4.69) is 211 Å². The summed E-state index contributed by atoms with van der Waals surface area (Å²) in [6.45, 7) is 4.69. The van der Waals surface area contributed by atoms with E-state index in [1.54, 1.807) is 0 Å². The number of nitrogens with zero attached hydrogens (tertiary/aromatic N) is 2. The Bertz CT molecular complexity index is 3300. The van der Waals surface area contributed by atoms with Crippen LogP contribution in [0.3, 0.4) is 0 Å². The molecule has 12 rings (SSSR count). The second kappa shape index (κ2) is 13.0. The van der Waals surface area contributed by atoms with Crippen LogP contribution in [0.1, 0.15) is 42.0 Å². The molecule has 10 aromatic rings. The van der Waals surface area contributed by atoms with Crippen molar-refractivity contribution in [1.29, 1.82) is 0 Å². The second-order valence-corrected chi connectivity index (χ2v) is 16.9. The summed E-state index contributed by atoms with van der Waals surface area (Å²) in [6.07, 6.45) is 11.1. The van der Waals surface area contributed by atoms with Crippen LogP contribution in [-0.2, 0) is 18.3 Å². The van der Waals surface area contributed by atoms with Crippen LogP contribution in [0, 0.1) is 5.92 Å². The number of fused-ring (bicyclic) bond motifs is 9. The maximum atomic E-state index is 6.56. The lowest BCUT2D eigenvalue weighted by Gasteiger charge is -2.29. The fourth-order valence-corrected chi connectivity index (χ4v) is 10.1. The van der Waals surface area contributed by atoms with Gasteiger partial charge in [0.25, 0.3) is 0 Å². The molecule has 0 N–H and O–H groups in total. The van der Waals surface area contributed by atoms with Crippen molar-refractivity contribution in [2.75, 3.05) is 0 Å². The summed E-state index contributed by atoms with van der Waals surface area (Å²) in [4.78, 5) is 0. The predicted octanol–water partition coefficient (Wildman–Crippen LogP) is 14.5. The zero-order valence-electron chi connectivity index (χ0n) is 33.2. The number of benzene rings is 7. The van der Waals surface area contributed by atoms with Crippen molar-refractivity contribution in [3.8, 4) is 33.6 Å². The van der Waals surface area contributed by atoms with Crippen molar-refractivity contribution in [3.63, 3.8) is 0 Å². The van der Waals surface area contributed by atoms with E-state index in [0.29, 0.717) is 5.92 Å². The van der Waals surface area contributed by atoms with Gasteiger partial charge in [0.1, 0.15) is 11.3 Å². The van der Waals surface area contributed by atoms with E-state index in [4.69, 9.17) is 4.42 Å². The van der Waals surface area contributed by atoms with Gasteiger partial charge in [-0.25, -0.2) is 0 Å². The van der Waals surface area contributed by atoms with Crippen molar-refractivity contribution >= 4 is 55.8 Å². The molecule has 59 heavy (non-hydrogen) atoms. The quantitative estimate of drug-likeness (QED) is 0.171. The predicted molar refractivity (Wildman–Crippen MR) is 247 cm³/mol. The molecule has 3 nitrogen and oxygen atoms in total. The largest absolute Gasteiger partial charge is 0.456 e. The van der Waals surface area contributed by atoms with Gasteiger partial charge in [-0.2, -0.15) is 0 Å². The minimum absolute atomic E-state index is 0.232. The third-order valence-corrected chi connectivity index (χ3v) is 13.1. The third kappa shape index (κ3) is 5.35. The van der Waals surface area contributed by atoms with E-state index >= 15 is 0 Å². The molecule has 3 heteroatoms. The molecule has 3 heterocycles. The SMILES string of the molecule is CC1C=Cc2c(n(-c3ccc4oc5c(c4c3)CC(C)(c3ccc4c(c3)c3ccccc3n4-c3cc(-c4ccccc4)cc(-c4ccccc4)c3)C=C5)c3ccccc23)C1. The molecule has 2 aliphatic rings. The van der Waals surface area contributed by atoms with Crippen LogP contribution in [0.5, 0.6) is 0 Å². The van der Waals surface area contributed by atoms with E-state index in [1.165, 1.54) is 88.4 Å². The van der Waals surface area contributed by atoms with E-state index in [-0.39, 0.29) is 5.41 Å². The molecular formula is C56H42N2O. The van der Waals surface area contributed by atoms with E-state index in [0.717, 1.165) is 29.9 Å². The molecule has 7 aromatic carbocycles. The lowest BCUT2D eigenvalue weighted by atomic mass is 9.73. The van der Waals surface area contributed by atoms with Crippen LogP contribution in [0.4, 0.5) is 0 Å². The summed E-state index contributed by atoms with van der Waals surface area (Å²) >= 11 is 0. The van der Waals surface area contributed by atoms with E-state index in [1.807, 2.05) is 0 Å². The van der Waals surface area contributed by atoms with Crippen LogP contribution in [0.25, 0.3) is 89.5 Å². The van der Waals surface area contributed by atoms with Gasteiger partial charge in [-0.1, -0.05) is 135 Å². The minimum Gasteiger partial charge on any atom is -0.456 e. The number of allylic oxidation sites excluding steroid dienone is 2. The Morgan fingerprint density at radius 2 is 1.20 bits per heavy atom. The average Bonchev–Trinajstić information content (AvgIpc) is 3.93. The van der Waals surface area contributed by atoms with Gasteiger partial charge >= 0.3 is 0 Å². The molecule has 2 atom stereocenters. The summed E-state index contributed by atoms with van der Waals surface area (Å²) in [5, 5.41) is 5.03. The summed E-state index contributed by atoms with van der Waals surface area (Å²) in [5.41, 5.74) is 16.8.